The maximum Gasteiger partial charge on any atom is 0.238 e. The van der Waals surface area contributed by atoms with Gasteiger partial charge in [0.15, 0.2) is 9.84 Å². The van der Waals surface area contributed by atoms with Crippen molar-refractivity contribution in [2.45, 2.75) is 37.4 Å². The molecule has 1 atom stereocenters. The summed E-state index contributed by atoms with van der Waals surface area (Å²) >= 11 is 0. The third kappa shape index (κ3) is 4.12. The van der Waals surface area contributed by atoms with E-state index in [4.69, 9.17) is 4.74 Å². The van der Waals surface area contributed by atoms with Gasteiger partial charge in [0.05, 0.1) is 0 Å². The van der Waals surface area contributed by atoms with Crippen molar-refractivity contribution >= 4 is 15.7 Å². The summed E-state index contributed by atoms with van der Waals surface area (Å²) in [6, 6.07) is 10.1. The summed E-state index contributed by atoms with van der Waals surface area (Å²) in [5.41, 5.74) is 0.972. The predicted molar refractivity (Wildman–Crippen MR) is 90.1 cm³/mol. The van der Waals surface area contributed by atoms with Gasteiger partial charge in [0, 0.05) is 30.9 Å². The van der Waals surface area contributed by atoms with E-state index in [1.807, 2.05) is 18.2 Å². The Kier molecular flexibility index (Phi) is 5.81. The molecule has 0 aliphatic carbocycles. The van der Waals surface area contributed by atoms with Crippen LogP contribution in [0.3, 0.4) is 0 Å². The summed E-state index contributed by atoms with van der Waals surface area (Å²) in [5.74, 6) is -0.451. The summed E-state index contributed by atoms with van der Waals surface area (Å²) in [6.07, 6.45) is 1.62. The van der Waals surface area contributed by atoms with Crippen molar-refractivity contribution in [1.29, 1.82) is 0 Å². The fourth-order valence-electron chi connectivity index (χ4n) is 2.93. The van der Waals surface area contributed by atoms with Crippen molar-refractivity contribution < 1.29 is 17.9 Å². The average molecular weight is 339 g/mol. The van der Waals surface area contributed by atoms with Crippen molar-refractivity contribution in [3.63, 3.8) is 0 Å². The van der Waals surface area contributed by atoms with Crippen LogP contribution >= 0.6 is 0 Å². The lowest BCUT2D eigenvalue weighted by Crippen LogP contribution is -2.48. The van der Waals surface area contributed by atoms with Gasteiger partial charge in [-0.3, -0.25) is 4.79 Å². The molecule has 1 aromatic carbocycles. The number of hydrogen-bond donors (Lipinski definition) is 1. The van der Waals surface area contributed by atoms with E-state index >= 15 is 0 Å². The summed E-state index contributed by atoms with van der Waals surface area (Å²) in [5, 5.41) is 1.84. The number of rotatable bonds is 6. The van der Waals surface area contributed by atoms with Crippen LogP contribution in [0.1, 0.15) is 32.3 Å². The molecule has 0 aromatic heterocycles. The third-order valence-corrected chi connectivity index (χ3v) is 6.84. The molecule has 0 unspecified atom stereocenters. The highest BCUT2D eigenvalue weighted by atomic mass is 32.2. The van der Waals surface area contributed by atoms with Gasteiger partial charge in [0.2, 0.25) is 5.91 Å². The third-order valence-electron chi connectivity index (χ3n) is 4.75. The van der Waals surface area contributed by atoms with Gasteiger partial charge in [0.1, 0.15) is 5.25 Å². The number of sulfone groups is 1. The molecular formula is C17H25NO4S. The lowest BCUT2D eigenvalue weighted by atomic mass is 9.74. The highest BCUT2D eigenvalue weighted by Crippen LogP contribution is 2.34. The summed E-state index contributed by atoms with van der Waals surface area (Å²) < 4.78 is 29.2. The van der Waals surface area contributed by atoms with Crippen LogP contribution in [0, 0.1) is 0 Å². The minimum atomic E-state index is -3.37. The minimum absolute atomic E-state index is 0.0285. The summed E-state index contributed by atoms with van der Waals surface area (Å²) in [6.45, 7) is 4.74. The molecule has 6 heteroatoms. The second-order valence-electron chi connectivity index (χ2n) is 6.07. The van der Waals surface area contributed by atoms with Crippen LogP contribution in [0.25, 0.3) is 0 Å². The van der Waals surface area contributed by atoms with Gasteiger partial charge < -0.3 is 10.1 Å². The Balaban J connectivity index is 2.12. The number of hydrogen-bond acceptors (Lipinski definition) is 4. The summed E-state index contributed by atoms with van der Waals surface area (Å²) in [4.78, 5) is 12.2. The topological polar surface area (TPSA) is 72.5 Å². The first-order valence-electron chi connectivity index (χ1n) is 8.04. The molecular weight excluding hydrogens is 314 g/mol. The van der Waals surface area contributed by atoms with Crippen molar-refractivity contribution in [1.82, 2.24) is 5.32 Å². The predicted octanol–water partition coefficient (Wildman–Crippen LogP) is 1.67. The highest BCUT2D eigenvalue weighted by Gasteiger charge is 2.36. The van der Waals surface area contributed by atoms with Crippen molar-refractivity contribution in [3.8, 4) is 0 Å². The van der Waals surface area contributed by atoms with Gasteiger partial charge in [-0.25, -0.2) is 8.42 Å². The molecule has 1 N–H and O–H groups in total. The molecule has 1 amide bonds. The fraction of sp³-hybridized carbons (Fsp3) is 0.588. The van der Waals surface area contributed by atoms with Gasteiger partial charge in [-0.05, 0) is 25.3 Å². The lowest BCUT2D eigenvalue weighted by molar-refractivity contribution is -0.120. The zero-order valence-corrected chi connectivity index (χ0v) is 14.6. The molecule has 1 heterocycles. The number of nitrogens with one attached hydrogen (secondary N) is 1. The first-order valence-corrected chi connectivity index (χ1v) is 9.75. The van der Waals surface area contributed by atoms with Crippen LogP contribution in [-0.2, 0) is 24.8 Å². The maximum atomic E-state index is 12.2. The van der Waals surface area contributed by atoms with Crippen LogP contribution in [0.5, 0.6) is 0 Å². The second kappa shape index (κ2) is 7.45. The van der Waals surface area contributed by atoms with Crippen LogP contribution in [0.15, 0.2) is 30.3 Å². The SMILES string of the molecule is CCS(=O)(=O)[C@H](C)C(=O)NCC1(c2ccccc2)CCOCC1. The minimum Gasteiger partial charge on any atom is -0.381 e. The standard InChI is InChI=1S/C17H25NO4S/c1-3-23(20,21)14(2)16(19)18-13-17(9-11-22-12-10-17)15-7-5-4-6-8-15/h4-8,14H,3,9-13H2,1-2H3,(H,18,19)/t14-/m1/s1. The Morgan fingerprint density at radius 3 is 2.43 bits per heavy atom. The van der Waals surface area contributed by atoms with Crippen molar-refractivity contribution in [2.24, 2.45) is 0 Å². The van der Waals surface area contributed by atoms with E-state index in [9.17, 15) is 13.2 Å². The normalized spacial score (nSPS) is 19.0. The van der Waals surface area contributed by atoms with Crippen LogP contribution in [0.4, 0.5) is 0 Å². The van der Waals surface area contributed by atoms with E-state index in [1.54, 1.807) is 6.92 Å². The Hall–Kier alpha value is -1.40. The molecule has 1 saturated heterocycles. The Morgan fingerprint density at radius 1 is 1.26 bits per heavy atom. The Labute approximate surface area is 138 Å². The lowest BCUT2D eigenvalue weighted by Gasteiger charge is -2.38. The molecule has 1 fully saturated rings. The first kappa shape index (κ1) is 17.9. The van der Waals surface area contributed by atoms with E-state index in [0.29, 0.717) is 19.8 Å². The number of carbonyl (C=O) groups is 1. The molecule has 128 valence electrons. The number of benzene rings is 1. The molecule has 0 radical (unpaired) electrons. The number of carbonyl (C=O) groups excluding carboxylic acids is 1. The molecule has 23 heavy (non-hydrogen) atoms. The van der Waals surface area contributed by atoms with E-state index in [1.165, 1.54) is 6.92 Å². The maximum absolute atomic E-state index is 12.2. The van der Waals surface area contributed by atoms with Crippen LogP contribution in [0.2, 0.25) is 0 Å². The van der Waals surface area contributed by atoms with Gasteiger partial charge in [-0.1, -0.05) is 37.3 Å². The molecule has 5 nitrogen and oxygen atoms in total. The zero-order valence-electron chi connectivity index (χ0n) is 13.7. The number of ether oxygens (including phenoxy) is 1. The van der Waals surface area contributed by atoms with Gasteiger partial charge >= 0.3 is 0 Å². The molecule has 1 aromatic rings. The smallest absolute Gasteiger partial charge is 0.238 e. The molecule has 1 aliphatic rings. The zero-order chi connectivity index (χ0) is 16.9. The number of amides is 1. The van der Waals surface area contributed by atoms with E-state index < -0.39 is 21.0 Å². The molecule has 0 saturated carbocycles. The van der Waals surface area contributed by atoms with Crippen LogP contribution in [-0.4, -0.2) is 45.1 Å². The molecule has 1 aliphatic heterocycles. The van der Waals surface area contributed by atoms with Gasteiger partial charge in [-0.2, -0.15) is 0 Å². The van der Waals surface area contributed by atoms with Crippen LogP contribution < -0.4 is 5.32 Å². The largest absolute Gasteiger partial charge is 0.381 e. The Bertz CT molecular complexity index is 621. The van der Waals surface area contributed by atoms with E-state index in [-0.39, 0.29) is 11.2 Å². The van der Waals surface area contributed by atoms with E-state index in [0.717, 1.165) is 18.4 Å². The quantitative estimate of drug-likeness (QED) is 0.856. The second-order valence-corrected chi connectivity index (χ2v) is 8.68. The van der Waals surface area contributed by atoms with Gasteiger partial charge in [-0.15, -0.1) is 0 Å². The van der Waals surface area contributed by atoms with Crippen molar-refractivity contribution in [2.75, 3.05) is 25.5 Å². The highest BCUT2D eigenvalue weighted by molar-refractivity contribution is 7.92. The molecule has 0 bridgehead atoms. The van der Waals surface area contributed by atoms with Gasteiger partial charge in [0.25, 0.3) is 0 Å². The van der Waals surface area contributed by atoms with E-state index in [2.05, 4.69) is 17.4 Å². The van der Waals surface area contributed by atoms with Crippen molar-refractivity contribution in [3.05, 3.63) is 35.9 Å². The molecule has 0 spiro atoms. The summed E-state index contributed by atoms with van der Waals surface area (Å²) in [7, 11) is -3.37. The monoisotopic (exact) mass is 339 g/mol. The Morgan fingerprint density at radius 2 is 1.87 bits per heavy atom. The molecule has 2 rings (SSSR count). The fourth-order valence-corrected chi connectivity index (χ4v) is 3.84. The average Bonchev–Trinajstić information content (AvgIpc) is 2.60. The first-order chi connectivity index (χ1) is 10.9.